The van der Waals surface area contributed by atoms with E-state index in [4.69, 9.17) is 0 Å². The summed E-state index contributed by atoms with van der Waals surface area (Å²) in [6.07, 6.45) is 9.03. The maximum absolute atomic E-state index is 12.3. The van der Waals surface area contributed by atoms with Gasteiger partial charge in [-0.1, -0.05) is 43.2 Å². The highest BCUT2D eigenvalue weighted by Crippen LogP contribution is 2.24. The molecular weight excluding hydrogens is 326 g/mol. The molecule has 1 fully saturated rings. The molecule has 2 heterocycles. The maximum Gasteiger partial charge on any atom is 0.256 e. The molecule has 3 rings (SSSR count). The average Bonchev–Trinajstić information content (AvgIpc) is 3.30. The van der Waals surface area contributed by atoms with Crippen LogP contribution in [0.5, 0.6) is 0 Å². The van der Waals surface area contributed by atoms with Gasteiger partial charge in [0.25, 0.3) is 5.91 Å². The first-order valence-corrected chi connectivity index (χ1v) is 9.43. The highest BCUT2D eigenvalue weighted by Gasteiger charge is 2.24. The van der Waals surface area contributed by atoms with Crippen LogP contribution in [-0.4, -0.2) is 40.2 Å². The van der Waals surface area contributed by atoms with Crippen molar-refractivity contribution in [3.05, 3.63) is 53.9 Å². The van der Waals surface area contributed by atoms with Crippen molar-refractivity contribution >= 4 is 5.91 Å². The van der Waals surface area contributed by atoms with E-state index in [0.29, 0.717) is 17.6 Å². The normalized spacial score (nSPS) is 19.6. The van der Waals surface area contributed by atoms with Gasteiger partial charge in [0.2, 0.25) is 0 Å². The largest absolute Gasteiger partial charge is 0.342 e. The van der Waals surface area contributed by atoms with Crippen molar-refractivity contribution < 1.29 is 4.79 Å². The predicted molar refractivity (Wildman–Crippen MR) is 102 cm³/mol. The summed E-state index contributed by atoms with van der Waals surface area (Å²) in [7, 11) is 3.69. The highest BCUT2D eigenvalue weighted by molar-refractivity contribution is 5.93. The van der Waals surface area contributed by atoms with Crippen LogP contribution in [0.15, 0.2) is 42.7 Å². The Kier molecular flexibility index (Phi) is 6.41. The Morgan fingerprint density at radius 2 is 2.04 bits per heavy atom. The number of carbonyl (C=O) groups is 1. The van der Waals surface area contributed by atoms with Crippen LogP contribution in [0.4, 0.5) is 0 Å². The molecule has 2 N–H and O–H groups in total. The van der Waals surface area contributed by atoms with Gasteiger partial charge >= 0.3 is 0 Å². The lowest BCUT2D eigenvalue weighted by atomic mass is 9.99. The molecular formula is C20H29N5O. The Balaban J connectivity index is 1.30. The van der Waals surface area contributed by atoms with E-state index in [-0.39, 0.29) is 5.91 Å². The van der Waals surface area contributed by atoms with Crippen molar-refractivity contribution in [2.75, 3.05) is 13.6 Å². The topological polar surface area (TPSA) is 62.2 Å². The van der Waals surface area contributed by atoms with Crippen LogP contribution < -0.4 is 10.9 Å². The predicted octanol–water partition coefficient (Wildman–Crippen LogP) is 2.66. The maximum atomic E-state index is 12.3. The van der Waals surface area contributed by atoms with Gasteiger partial charge in [-0.25, -0.2) is 0 Å². The summed E-state index contributed by atoms with van der Waals surface area (Å²) in [5, 5.41) is 4.06. The lowest BCUT2D eigenvalue weighted by molar-refractivity contribution is 0.0792. The van der Waals surface area contributed by atoms with Crippen molar-refractivity contribution in [1.29, 1.82) is 0 Å². The molecule has 6 nitrogen and oxygen atoms in total. The summed E-state index contributed by atoms with van der Waals surface area (Å²) in [6, 6.07) is 11.5. The number of nitrogens with zero attached hydrogens (tertiary/aromatic N) is 3. The number of hydrogen-bond donors (Lipinski definition) is 2. The summed E-state index contributed by atoms with van der Waals surface area (Å²) in [5.41, 5.74) is 8.83. The first-order valence-electron chi connectivity index (χ1n) is 9.43. The molecule has 1 aliphatic heterocycles. The van der Waals surface area contributed by atoms with Gasteiger partial charge in [0, 0.05) is 38.9 Å². The minimum Gasteiger partial charge on any atom is -0.342 e. The van der Waals surface area contributed by atoms with Gasteiger partial charge in [-0.3, -0.25) is 20.3 Å². The molecule has 26 heavy (non-hydrogen) atoms. The monoisotopic (exact) mass is 355 g/mol. The third-order valence-corrected chi connectivity index (χ3v) is 5.03. The van der Waals surface area contributed by atoms with E-state index in [1.54, 1.807) is 22.0 Å². The van der Waals surface area contributed by atoms with Crippen molar-refractivity contribution in [3.8, 4) is 0 Å². The molecule has 0 aliphatic carbocycles. The van der Waals surface area contributed by atoms with Crippen LogP contribution in [0, 0.1) is 0 Å². The lowest BCUT2D eigenvalue weighted by Gasteiger charge is -2.16. The van der Waals surface area contributed by atoms with Gasteiger partial charge in [-0.2, -0.15) is 5.10 Å². The number of amides is 1. The Bertz CT molecular complexity index is 699. The Morgan fingerprint density at radius 3 is 2.77 bits per heavy atom. The minimum absolute atomic E-state index is 0.0467. The van der Waals surface area contributed by atoms with Crippen molar-refractivity contribution in [3.63, 3.8) is 0 Å². The van der Waals surface area contributed by atoms with Crippen molar-refractivity contribution in [1.82, 2.24) is 25.5 Å². The van der Waals surface area contributed by atoms with Gasteiger partial charge in [0.15, 0.2) is 0 Å². The number of nitrogens with one attached hydrogen (secondary N) is 2. The molecule has 140 valence electrons. The van der Waals surface area contributed by atoms with E-state index in [1.807, 2.05) is 14.1 Å². The number of hydrazine groups is 1. The average molecular weight is 355 g/mol. The number of hydrogen-bond acceptors (Lipinski definition) is 4. The van der Waals surface area contributed by atoms with Crippen molar-refractivity contribution in [2.45, 2.75) is 44.2 Å². The molecule has 1 amide bonds. The second kappa shape index (κ2) is 8.96. The van der Waals surface area contributed by atoms with Gasteiger partial charge in [0.05, 0.1) is 11.8 Å². The zero-order valence-electron chi connectivity index (χ0n) is 15.7. The Hall–Kier alpha value is -2.18. The number of rotatable bonds is 8. The summed E-state index contributed by atoms with van der Waals surface area (Å²) in [6.45, 7) is 0.788. The SMILES string of the molecule is CN(CCCCCC1CC(c2ccccc2)NN1)C(=O)c1cnn(C)c1. The molecule has 0 saturated carbocycles. The zero-order chi connectivity index (χ0) is 18.4. The summed E-state index contributed by atoms with van der Waals surface area (Å²) in [5.74, 6) is 0.0467. The number of unbranched alkanes of at least 4 members (excludes halogenated alkanes) is 2. The molecule has 1 saturated heterocycles. The minimum atomic E-state index is 0.0467. The third-order valence-electron chi connectivity index (χ3n) is 5.03. The standard InChI is InChI=1S/C20H29N5O/c1-24(20(26)17-14-21-25(2)15-17)12-8-4-7-11-18-13-19(23-22-18)16-9-5-3-6-10-16/h3,5-6,9-10,14-15,18-19,22-23H,4,7-8,11-13H2,1-2H3. The first-order chi connectivity index (χ1) is 12.6. The van der Waals surface area contributed by atoms with Crippen LogP contribution in [0.25, 0.3) is 0 Å². The summed E-state index contributed by atoms with van der Waals surface area (Å²) in [4.78, 5) is 14.0. The van der Waals surface area contributed by atoms with Gasteiger partial charge < -0.3 is 4.90 Å². The van der Waals surface area contributed by atoms with E-state index in [2.05, 4.69) is 46.3 Å². The summed E-state index contributed by atoms with van der Waals surface area (Å²) >= 11 is 0. The van der Waals surface area contributed by atoms with E-state index >= 15 is 0 Å². The number of aryl methyl sites for hydroxylation is 1. The van der Waals surface area contributed by atoms with Crippen LogP contribution in [0.3, 0.4) is 0 Å². The first kappa shape index (κ1) is 18.6. The number of benzene rings is 1. The fourth-order valence-corrected chi connectivity index (χ4v) is 3.49. The number of carbonyl (C=O) groups excluding carboxylic acids is 1. The second-order valence-corrected chi connectivity index (χ2v) is 7.16. The molecule has 2 atom stereocenters. The fraction of sp³-hybridized carbons (Fsp3) is 0.500. The molecule has 1 aromatic heterocycles. The van der Waals surface area contributed by atoms with Crippen LogP contribution >= 0.6 is 0 Å². The fourth-order valence-electron chi connectivity index (χ4n) is 3.49. The molecule has 2 aromatic rings. The zero-order valence-corrected chi connectivity index (χ0v) is 15.7. The lowest BCUT2D eigenvalue weighted by Crippen LogP contribution is -2.30. The molecule has 6 heteroatoms. The summed E-state index contributed by atoms with van der Waals surface area (Å²) < 4.78 is 1.66. The van der Waals surface area contributed by atoms with Crippen LogP contribution in [-0.2, 0) is 7.05 Å². The van der Waals surface area contributed by atoms with Crippen LogP contribution in [0.2, 0.25) is 0 Å². The van der Waals surface area contributed by atoms with E-state index in [9.17, 15) is 4.79 Å². The Labute approximate surface area is 155 Å². The van der Waals surface area contributed by atoms with Gasteiger partial charge in [-0.05, 0) is 24.8 Å². The molecule has 1 aliphatic rings. The smallest absolute Gasteiger partial charge is 0.256 e. The molecule has 2 unspecified atom stereocenters. The van der Waals surface area contributed by atoms with E-state index in [0.717, 1.165) is 32.2 Å². The molecule has 1 aromatic carbocycles. The van der Waals surface area contributed by atoms with E-state index in [1.165, 1.54) is 12.0 Å². The highest BCUT2D eigenvalue weighted by atomic mass is 16.2. The van der Waals surface area contributed by atoms with Crippen molar-refractivity contribution in [2.24, 2.45) is 7.05 Å². The molecule has 0 radical (unpaired) electrons. The third kappa shape index (κ3) is 4.93. The second-order valence-electron chi connectivity index (χ2n) is 7.16. The van der Waals surface area contributed by atoms with Gasteiger partial charge in [-0.15, -0.1) is 0 Å². The number of aromatic nitrogens is 2. The quantitative estimate of drug-likeness (QED) is 0.715. The molecule has 0 bridgehead atoms. The molecule has 0 spiro atoms. The van der Waals surface area contributed by atoms with E-state index < -0.39 is 0 Å². The Morgan fingerprint density at radius 1 is 1.23 bits per heavy atom. The van der Waals surface area contributed by atoms with Crippen LogP contribution in [0.1, 0.15) is 54.1 Å². The van der Waals surface area contributed by atoms with Gasteiger partial charge in [0.1, 0.15) is 0 Å².